The minimum absolute atomic E-state index is 0.0884. The molecule has 4 nitrogen and oxygen atoms in total. The molecule has 0 bridgehead atoms. The highest BCUT2D eigenvalue weighted by atomic mass is 79.9. The predicted octanol–water partition coefficient (Wildman–Crippen LogP) is 2.85. The number of pyridine rings is 1. The maximum absolute atomic E-state index is 12.9. The first kappa shape index (κ1) is 15.6. The van der Waals surface area contributed by atoms with Crippen LogP contribution in [-0.2, 0) is 16.0 Å². The Hall–Kier alpha value is -0.830. The van der Waals surface area contributed by atoms with Gasteiger partial charge in [0.2, 0.25) is 0 Å². The first-order chi connectivity index (χ1) is 9.17. The lowest BCUT2D eigenvalue weighted by atomic mass is 10.1. The lowest BCUT2D eigenvalue weighted by Crippen LogP contribution is -2.35. The van der Waals surface area contributed by atoms with Gasteiger partial charge < -0.3 is 5.32 Å². The molecule has 1 atom stereocenters. The summed E-state index contributed by atoms with van der Waals surface area (Å²) in [6, 6.07) is 0.385. The van der Waals surface area contributed by atoms with Crippen LogP contribution in [0.25, 0.3) is 0 Å². The van der Waals surface area contributed by atoms with E-state index in [1.54, 1.807) is 0 Å². The number of rotatable bonds is 2. The van der Waals surface area contributed by atoms with Gasteiger partial charge in [-0.15, -0.1) is 0 Å². The molecule has 2 rings (SSSR count). The molecule has 0 aromatic carbocycles. The first-order valence-electron chi connectivity index (χ1n) is 5.87. The predicted molar refractivity (Wildman–Crippen MR) is 72.2 cm³/mol. The zero-order valence-electron chi connectivity index (χ0n) is 10.2. The fourth-order valence-electron chi connectivity index (χ4n) is 2.10. The van der Waals surface area contributed by atoms with Crippen molar-refractivity contribution in [2.75, 3.05) is 16.8 Å². The van der Waals surface area contributed by atoms with Crippen molar-refractivity contribution in [1.82, 2.24) is 4.98 Å². The molecule has 0 aliphatic carbocycles. The van der Waals surface area contributed by atoms with Crippen molar-refractivity contribution in [3.05, 3.63) is 22.3 Å². The van der Waals surface area contributed by atoms with E-state index < -0.39 is 27.6 Å². The molecule has 0 radical (unpaired) electrons. The minimum Gasteiger partial charge on any atom is -0.366 e. The second-order valence-corrected chi connectivity index (χ2v) is 7.79. The monoisotopic (exact) mass is 372 g/mol. The van der Waals surface area contributed by atoms with Crippen LogP contribution in [0.5, 0.6) is 0 Å². The molecule has 1 N–H and O–H groups in total. The van der Waals surface area contributed by atoms with E-state index in [9.17, 15) is 21.6 Å². The van der Waals surface area contributed by atoms with Crippen molar-refractivity contribution >= 4 is 31.6 Å². The molecule has 0 amide bonds. The second-order valence-electron chi connectivity index (χ2n) is 4.65. The second kappa shape index (κ2) is 5.51. The van der Waals surface area contributed by atoms with E-state index >= 15 is 0 Å². The molecule has 20 heavy (non-hydrogen) atoms. The van der Waals surface area contributed by atoms with E-state index in [1.807, 2.05) is 0 Å². The van der Waals surface area contributed by atoms with Crippen LogP contribution in [0.3, 0.4) is 0 Å². The van der Waals surface area contributed by atoms with E-state index in [1.165, 1.54) is 6.20 Å². The molecule has 2 heterocycles. The van der Waals surface area contributed by atoms with Crippen molar-refractivity contribution in [3.63, 3.8) is 0 Å². The number of hydrogen-bond acceptors (Lipinski definition) is 4. The third kappa shape index (κ3) is 3.85. The number of hydrogen-bond donors (Lipinski definition) is 1. The fourth-order valence-corrected chi connectivity index (χ4v) is 4.07. The summed E-state index contributed by atoms with van der Waals surface area (Å²) in [5.74, 6) is -0.407. The van der Waals surface area contributed by atoms with Gasteiger partial charge in [-0.3, -0.25) is 0 Å². The van der Waals surface area contributed by atoms with Crippen molar-refractivity contribution in [2.24, 2.45) is 0 Å². The standard InChI is InChI=1S/C11H12BrF3N2O2S/c12-7-4-9(11(13,14)15)10(16-5-7)17-8-2-1-3-20(18,19)6-8/h4-5,8H,1-3,6H2,(H,16,17). The quantitative estimate of drug-likeness (QED) is 0.866. The van der Waals surface area contributed by atoms with Gasteiger partial charge in [0, 0.05) is 16.7 Å². The zero-order chi connectivity index (χ0) is 15.0. The van der Waals surface area contributed by atoms with Crippen molar-refractivity contribution in [2.45, 2.75) is 25.1 Å². The van der Waals surface area contributed by atoms with Gasteiger partial charge >= 0.3 is 6.18 Å². The number of alkyl halides is 3. The summed E-state index contributed by atoms with van der Waals surface area (Å²) in [6.07, 6.45) is -2.35. The molecule has 1 fully saturated rings. The Labute approximate surface area is 122 Å². The van der Waals surface area contributed by atoms with Crippen molar-refractivity contribution in [1.29, 1.82) is 0 Å². The molecule has 0 spiro atoms. The molecule has 1 unspecified atom stereocenters. The average Bonchev–Trinajstić information content (AvgIpc) is 2.29. The van der Waals surface area contributed by atoms with Crippen molar-refractivity contribution in [3.8, 4) is 0 Å². The zero-order valence-corrected chi connectivity index (χ0v) is 12.6. The van der Waals surface area contributed by atoms with Crippen molar-refractivity contribution < 1.29 is 21.6 Å². The van der Waals surface area contributed by atoms with Crippen LogP contribution in [0.2, 0.25) is 0 Å². The van der Waals surface area contributed by atoms with Gasteiger partial charge in [-0.2, -0.15) is 13.2 Å². The Morgan fingerprint density at radius 2 is 2.10 bits per heavy atom. The Balaban J connectivity index is 2.25. The van der Waals surface area contributed by atoms with Crippen LogP contribution in [0.4, 0.5) is 19.0 Å². The van der Waals surface area contributed by atoms with Crippen LogP contribution in [-0.4, -0.2) is 30.9 Å². The molecule has 1 aliphatic heterocycles. The Morgan fingerprint density at radius 1 is 1.40 bits per heavy atom. The van der Waals surface area contributed by atoms with Crippen LogP contribution in [0.15, 0.2) is 16.7 Å². The third-order valence-corrected chi connectivity index (χ3v) is 5.22. The largest absolute Gasteiger partial charge is 0.419 e. The number of nitrogens with zero attached hydrogens (tertiary/aromatic N) is 1. The molecule has 112 valence electrons. The topological polar surface area (TPSA) is 59.1 Å². The maximum Gasteiger partial charge on any atom is 0.419 e. The molecule has 1 aromatic rings. The van der Waals surface area contributed by atoms with Gasteiger partial charge in [0.1, 0.15) is 5.82 Å². The summed E-state index contributed by atoms with van der Waals surface area (Å²) in [5.41, 5.74) is -0.908. The normalized spacial score (nSPS) is 22.5. The van der Waals surface area contributed by atoms with Gasteiger partial charge in [-0.05, 0) is 34.8 Å². The summed E-state index contributed by atoms with van der Waals surface area (Å²) in [6.45, 7) is 0. The number of anilines is 1. The van der Waals surface area contributed by atoms with Gasteiger partial charge in [-0.25, -0.2) is 13.4 Å². The number of halogens is 4. The molecule has 0 saturated carbocycles. The highest BCUT2D eigenvalue weighted by Gasteiger charge is 2.36. The SMILES string of the molecule is O=S1(=O)CCCC(Nc2ncc(Br)cc2C(F)(F)F)C1. The fraction of sp³-hybridized carbons (Fsp3) is 0.545. The summed E-state index contributed by atoms with van der Waals surface area (Å²) in [4.78, 5) is 3.71. The molecule has 1 saturated heterocycles. The highest BCUT2D eigenvalue weighted by molar-refractivity contribution is 9.10. The van der Waals surface area contributed by atoms with E-state index in [0.29, 0.717) is 12.8 Å². The first-order valence-corrected chi connectivity index (χ1v) is 8.48. The molecule has 1 aromatic heterocycles. The van der Waals surface area contributed by atoms with Crippen LogP contribution in [0, 0.1) is 0 Å². The average molecular weight is 373 g/mol. The Kier molecular flexibility index (Phi) is 4.29. The highest BCUT2D eigenvalue weighted by Crippen LogP contribution is 2.35. The van der Waals surface area contributed by atoms with E-state index in [4.69, 9.17) is 0 Å². The number of sulfone groups is 1. The molecule has 9 heteroatoms. The smallest absolute Gasteiger partial charge is 0.366 e. The van der Waals surface area contributed by atoms with Gasteiger partial charge in [0.15, 0.2) is 9.84 Å². The molecular weight excluding hydrogens is 361 g/mol. The number of nitrogens with one attached hydrogen (secondary N) is 1. The summed E-state index contributed by atoms with van der Waals surface area (Å²) < 4.78 is 62.0. The van der Waals surface area contributed by atoms with E-state index in [0.717, 1.165) is 6.07 Å². The summed E-state index contributed by atoms with van der Waals surface area (Å²) in [5, 5.41) is 2.61. The van der Waals surface area contributed by atoms with Gasteiger partial charge in [-0.1, -0.05) is 0 Å². The Bertz CT molecular complexity index is 604. The lowest BCUT2D eigenvalue weighted by Gasteiger charge is -2.25. The Morgan fingerprint density at radius 3 is 2.70 bits per heavy atom. The van der Waals surface area contributed by atoms with Crippen LogP contribution < -0.4 is 5.32 Å². The summed E-state index contributed by atoms with van der Waals surface area (Å²) in [7, 11) is -3.19. The number of aromatic nitrogens is 1. The van der Waals surface area contributed by atoms with E-state index in [-0.39, 0.29) is 21.8 Å². The van der Waals surface area contributed by atoms with Gasteiger partial charge in [0.25, 0.3) is 0 Å². The van der Waals surface area contributed by atoms with E-state index in [2.05, 4.69) is 26.2 Å². The van der Waals surface area contributed by atoms with Crippen LogP contribution >= 0.6 is 15.9 Å². The van der Waals surface area contributed by atoms with Gasteiger partial charge in [0.05, 0.1) is 17.1 Å². The lowest BCUT2D eigenvalue weighted by molar-refractivity contribution is -0.137. The van der Waals surface area contributed by atoms with Crippen LogP contribution in [0.1, 0.15) is 18.4 Å². The molecule has 1 aliphatic rings. The minimum atomic E-state index is -4.55. The third-order valence-electron chi connectivity index (χ3n) is 2.96. The summed E-state index contributed by atoms with van der Waals surface area (Å²) >= 11 is 2.95. The molecular formula is C11H12BrF3N2O2S. The maximum atomic E-state index is 12.9.